The zero-order valence-electron chi connectivity index (χ0n) is 7.44. The van der Waals surface area contributed by atoms with Crippen LogP contribution in [0.15, 0.2) is 24.3 Å². The predicted octanol–water partition coefficient (Wildman–Crippen LogP) is 1.38. The number of halogens is 1. The molecule has 0 saturated heterocycles. The number of aryl methyl sites for hydroxylation is 1. The lowest BCUT2D eigenvalue weighted by Crippen LogP contribution is -1.88. The molecule has 0 unspecified atom stereocenters. The molecule has 0 aliphatic carbocycles. The summed E-state index contributed by atoms with van der Waals surface area (Å²) in [5.41, 5.74) is 1.79. The Morgan fingerprint density at radius 1 is 1.36 bits per heavy atom. The molecule has 72 valence electrons. The van der Waals surface area contributed by atoms with Gasteiger partial charge in [0.25, 0.3) is 0 Å². The molecular formula is C9H9FN4. The van der Waals surface area contributed by atoms with E-state index in [1.165, 1.54) is 0 Å². The number of hydrogen-bond acceptors (Lipinski definition) is 3. The Kier molecular flexibility index (Phi) is 2.48. The van der Waals surface area contributed by atoms with E-state index in [1.54, 1.807) is 0 Å². The molecule has 0 bridgehead atoms. The van der Waals surface area contributed by atoms with Crippen LogP contribution >= 0.6 is 0 Å². The van der Waals surface area contributed by atoms with Gasteiger partial charge < -0.3 is 0 Å². The van der Waals surface area contributed by atoms with Gasteiger partial charge in [-0.25, -0.2) is 0 Å². The van der Waals surface area contributed by atoms with Crippen molar-refractivity contribution in [2.45, 2.75) is 6.42 Å². The van der Waals surface area contributed by atoms with Gasteiger partial charge in [-0.1, -0.05) is 18.2 Å². The molecule has 0 saturated carbocycles. The van der Waals surface area contributed by atoms with E-state index in [2.05, 4.69) is 20.6 Å². The molecule has 14 heavy (non-hydrogen) atoms. The van der Waals surface area contributed by atoms with Crippen LogP contribution in [0.1, 0.15) is 5.56 Å². The highest BCUT2D eigenvalue weighted by atomic mass is 19.1. The molecule has 2 aromatic rings. The molecule has 0 aliphatic heterocycles. The summed E-state index contributed by atoms with van der Waals surface area (Å²) in [4.78, 5) is 0. The number of tetrazole rings is 1. The van der Waals surface area contributed by atoms with Crippen LogP contribution in [0.25, 0.3) is 11.4 Å². The first-order valence-electron chi connectivity index (χ1n) is 4.29. The van der Waals surface area contributed by atoms with Crippen LogP contribution in [0.2, 0.25) is 0 Å². The fourth-order valence-corrected chi connectivity index (χ4v) is 1.26. The van der Waals surface area contributed by atoms with E-state index in [-0.39, 0.29) is 6.67 Å². The normalized spacial score (nSPS) is 10.4. The average Bonchev–Trinajstić information content (AvgIpc) is 2.71. The van der Waals surface area contributed by atoms with Gasteiger partial charge in [0.2, 0.25) is 5.82 Å². The summed E-state index contributed by atoms with van der Waals surface area (Å²) in [6.07, 6.45) is 0.422. The minimum atomic E-state index is -0.351. The second-order valence-electron chi connectivity index (χ2n) is 2.87. The summed E-state index contributed by atoms with van der Waals surface area (Å²) in [7, 11) is 0. The second-order valence-corrected chi connectivity index (χ2v) is 2.87. The summed E-state index contributed by atoms with van der Waals surface area (Å²) in [6, 6.07) is 7.47. The Balaban J connectivity index is 2.31. The van der Waals surface area contributed by atoms with Gasteiger partial charge >= 0.3 is 0 Å². The van der Waals surface area contributed by atoms with Crippen molar-refractivity contribution in [3.05, 3.63) is 29.8 Å². The smallest absolute Gasteiger partial charge is 0.204 e. The van der Waals surface area contributed by atoms with Crippen LogP contribution in [0, 0.1) is 0 Å². The highest BCUT2D eigenvalue weighted by molar-refractivity contribution is 5.54. The van der Waals surface area contributed by atoms with E-state index in [1.807, 2.05) is 24.3 Å². The van der Waals surface area contributed by atoms with Crippen molar-refractivity contribution >= 4 is 0 Å². The van der Waals surface area contributed by atoms with Gasteiger partial charge in [-0.15, -0.1) is 10.2 Å². The quantitative estimate of drug-likeness (QED) is 0.799. The van der Waals surface area contributed by atoms with Crippen LogP contribution < -0.4 is 0 Å². The second kappa shape index (κ2) is 3.95. The Hall–Kier alpha value is -1.78. The number of nitrogens with one attached hydrogen (secondary N) is 1. The molecule has 0 aliphatic rings. The molecule has 4 nitrogen and oxygen atoms in total. The van der Waals surface area contributed by atoms with Crippen molar-refractivity contribution in [3.63, 3.8) is 0 Å². The fourth-order valence-electron chi connectivity index (χ4n) is 1.26. The van der Waals surface area contributed by atoms with E-state index >= 15 is 0 Å². The number of rotatable bonds is 3. The molecule has 0 amide bonds. The summed E-state index contributed by atoms with van der Waals surface area (Å²) >= 11 is 0. The lowest BCUT2D eigenvalue weighted by molar-refractivity contribution is 0.495. The molecule has 1 aromatic carbocycles. The molecule has 0 radical (unpaired) electrons. The van der Waals surface area contributed by atoms with Crippen molar-refractivity contribution in [2.75, 3.05) is 6.67 Å². The summed E-state index contributed by atoms with van der Waals surface area (Å²) in [5, 5.41) is 13.5. The van der Waals surface area contributed by atoms with Crippen molar-refractivity contribution in [1.82, 2.24) is 20.6 Å². The van der Waals surface area contributed by atoms with Crippen LogP contribution in [0.4, 0.5) is 4.39 Å². The largest absolute Gasteiger partial charge is 0.251 e. The van der Waals surface area contributed by atoms with Crippen molar-refractivity contribution in [1.29, 1.82) is 0 Å². The topological polar surface area (TPSA) is 54.5 Å². The van der Waals surface area contributed by atoms with Crippen molar-refractivity contribution in [2.24, 2.45) is 0 Å². The van der Waals surface area contributed by atoms with Gasteiger partial charge in [-0.3, -0.25) is 4.39 Å². The number of H-pyrrole nitrogens is 1. The van der Waals surface area contributed by atoms with Gasteiger partial charge in [0.1, 0.15) is 0 Å². The van der Waals surface area contributed by atoms with Gasteiger partial charge in [0.05, 0.1) is 6.67 Å². The third-order valence-electron chi connectivity index (χ3n) is 1.91. The monoisotopic (exact) mass is 192 g/mol. The van der Waals surface area contributed by atoms with E-state index < -0.39 is 0 Å². The Labute approximate surface area is 80.2 Å². The van der Waals surface area contributed by atoms with Gasteiger partial charge in [-0.2, -0.15) is 5.21 Å². The highest BCUT2D eigenvalue weighted by Gasteiger charge is 2.02. The molecule has 1 N–H and O–H groups in total. The number of aromatic amines is 1. The third kappa shape index (κ3) is 1.76. The summed E-state index contributed by atoms with van der Waals surface area (Å²) in [5.74, 6) is 0.533. The Morgan fingerprint density at radius 2 is 2.29 bits per heavy atom. The van der Waals surface area contributed by atoms with Crippen LogP contribution in [0.3, 0.4) is 0 Å². The van der Waals surface area contributed by atoms with E-state index in [9.17, 15) is 4.39 Å². The SMILES string of the molecule is FCCc1cccc(-c2nn[nH]n2)c1. The number of aromatic nitrogens is 4. The number of benzene rings is 1. The first-order chi connectivity index (χ1) is 6.90. The molecular weight excluding hydrogens is 183 g/mol. The zero-order chi connectivity index (χ0) is 9.80. The maximum atomic E-state index is 12.1. The third-order valence-corrected chi connectivity index (χ3v) is 1.91. The Bertz CT molecular complexity index is 399. The number of nitrogens with zero attached hydrogens (tertiary/aromatic N) is 3. The van der Waals surface area contributed by atoms with Gasteiger partial charge in [0, 0.05) is 12.0 Å². The van der Waals surface area contributed by atoms with E-state index in [4.69, 9.17) is 0 Å². The first kappa shape index (κ1) is 8.80. The maximum absolute atomic E-state index is 12.1. The number of alkyl halides is 1. The Morgan fingerprint density at radius 3 is 3.00 bits per heavy atom. The first-order valence-corrected chi connectivity index (χ1v) is 4.29. The predicted molar refractivity (Wildman–Crippen MR) is 49.3 cm³/mol. The lowest BCUT2D eigenvalue weighted by Gasteiger charge is -1.98. The van der Waals surface area contributed by atoms with Crippen molar-refractivity contribution in [3.8, 4) is 11.4 Å². The molecule has 1 heterocycles. The fraction of sp³-hybridized carbons (Fsp3) is 0.222. The molecule has 0 fully saturated rings. The highest BCUT2D eigenvalue weighted by Crippen LogP contribution is 2.15. The van der Waals surface area contributed by atoms with Crippen LogP contribution in [-0.2, 0) is 6.42 Å². The van der Waals surface area contributed by atoms with Crippen LogP contribution in [-0.4, -0.2) is 27.3 Å². The average molecular weight is 192 g/mol. The van der Waals surface area contributed by atoms with Crippen molar-refractivity contribution < 1.29 is 4.39 Å². The van der Waals surface area contributed by atoms with Crippen LogP contribution in [0.5, 0.6) is 0 Å². The minimum absolute atomic E-state index is 0.351. The standard InChI is InChI=1S/C9H9FN4/c10-5-4-7-2-1-3-8(6-7)9-11-13-14-12-9/h1-3,6H,4-5H2,(H,11,12,13,14). The molecule has 5 heteroatoms. The summed E-state index contributed by atoms with van der Waals surface area (Å²) < 4.78 is 12.1. The van der Waals surface area contributed by atoms with E-state index in [0.717, 1.165) is 11.1 Å². The minimum Gasteiger partial charge on any atom is -0.251 e. The summed E-state index contributed by atoms with van der Waals surface area (Å²) in [6.45, 7) is -0.351. The lowest BCUT2D eigenvalue weighted by atomic mass is 10.1. The molecule has 1 aromatic heterocycles. The van der Waals surface area contributed by atoms with E-state index in [0.29, 0.717) is 12.2 Å². The molecule has 2 rings (SSSR count). The van der Waals surface area contributed by atoms with Gasteiger partial charge in [0.15, 0.2) is 0 Å². The molecule has 0 spiro atoms. The zero-order valence-corrected chi connectivity index (χ0v) is 7.44. The molecule has 0 atom stereocenters. The number of hydrogen-bond donors (Lipinski definition) is 1. The van der Waals surface area contributed by atoms with Gasteiger partial charge in [-0.05, 0) is 16.8 Å². The maximum Gasteiger partial charge on any atom is 0.204 e.